The molecule has 0 aromatic heterocycles. The molecule has 0 amide bonds. The van der Waals surface area contributed by atoms with E-state index in [2.05, 4.69) is 38.1 Å². The Kier molecular flexibility index (Phi) is 22.8. The zero-order valence-electron chi connectivity index (χ0n) is 38.7. The zero-order valence-corrected chi connectivity index (χ0v) is 38.7. The van der Waals surface area contributed by atoms with Crippen LogP contribution >= 0.6 is 0 Å². The smallest absolute Gasteiger partial charge is 0.339 e. The minimum atomic E-state index is -2.06. The van der Waals surface area contributed by atoms with Crippen molar-refractivity contribution >= 4 is 11.9 Å². The summed E-state index contributed by atoms with van der Waals surface area (Å²) in [5, 5.41) is 21.7. The van der Waals surface area contributed by atoms with Gasteiger partial charge in [-0.15, -0.1) is 0 Å². The van der Waals surface area contributed by atoms with E-state index in [-0.39, 0.29) is 26.1 Å². The Labute approximate surface area is 366 Å². The fourth-order valence-corrected chi connectivity index (χ4v) is 10.7. The van der Waals surface area contributed by atoms with Gasteiger partial charge in [-0.25, -0.2) is 9.59 Å². The first-order chi connectivity index (χ1) is 29.2. The minimum Gasteiger partial charge on any atom is -0.479 e. The van der Waals surface area contributed by atoms with Gasteiger partial charge in [0.2, 0.25) is 11.2 Å². The Morgan fingerprint density at radius 1 is 0.450 bits per heavy atom. The molecule has 0 heterocycles. The number of carboxylic acids is 2. The first-order valence-corrected chi connectivity index (χ1v) is 25.1. The van der Waals surface area contributed by atoms with Gasteiger partial charge < -0.3 is 19.7 Å². The quantitative estimate of drug-likeness (QED) is 0.0735. The van der Waals surface area contributed by atoms with Gasteiger partial charge in [0.05, 0.1) is 13.2 Å². The monoisotopic (exact) mass is 831 g/mol. The van der Waals surface area contributed by atoms with Crippen LogP contribution in [0.1, 0.15) is 217 Å². The van der Waals surface area contributed by atoms with Crippen molar-refractivity contribution in [2.45, 2.75) is 232 Å². The molecule has 2 atom stereocenters. The molecule has 2 N–H and O–H groups in total. The van der Waals surface area contributed by atoms with Crippen LogP contribution in [0.5, 0.6) is 0 Å². The van der Waals surface area contributed by atoms with Gasteiger partial charge in [-0.2, -0.15) is 0 Å². The molecule has 0 unspecified atom stereocenters. The maximum atomic E-state index is 13.3. The summed E-state index contributed by atoms with van der Waals surface area (Å²) in [6.45, 7) is 8.30. The van der Waals surface area contributed by atoms with Crippen molar-refractivity contribution in [3.05, 3.63) is 70.8 Å². The average molecular weight is 831 g/mol. The molecule has 0 aliphatic heterocycles. The second kappa shape index (κ2) is 27.4. The summed E-state index contributed by atoms with van der Waals surface area (Å²) in [6.07, 6.45) is 32.8. The van der Waals surface area contributed by atoms with Gasteiger partial charge in [-0.05, 0) is 84.5 Å². The number of carbonyl (C=O) groups is 2. The molecule has 338 valence electrons. The molecule has 2 aliphatic rings. The predicted molar refractivity (Wildman–Crippen MR) is 247 cm³/mol. The lowest BCUT2D eigenvalue weighted by atomic mass is 9.75. The summed E-state index contributed by atoms with van der Waals surface area (Å²) in [7, 11) is 0. The molecular weight excluding hydrogens is 745 g/mol. The molecule has 0 spiro atoms. The number of hydrogen-bond acceptors (Lipinski definition) is 4. The highest BCUT2D eigenvalue weighted by Crippen LogP contribution is 2.41. The lowest BCUT2D eigenvalue weighted by Gasteiger charge is -2.44. The average Bonchev–Trinajstić information content (AvgIpc) is 3.26. The van der Waals surface area contributed by atoms with E-state index in [9.17, 15) is 19.8 Å². The van der Waals surface area contributed by atoms with Crippen molar-refractivity contribution in [2.75, 3.05) is 0 Å². The van der Waals surface area contributed by atoms with Crippen LogP contribution in [-0.4, -0.2) is 33.4 Å². The van der Waals surface area contributed by atoms with E-state index in [1.807, 2.05) is 38.1 Å². The first-order valence-electron chi connectivity index (χ1n) is 25.1. The standard InChI is InChI=1S/C54H86O6/c1-5-9-11-17-43-23-27-45(28-24-43)19-13-15-21-47-31-35-49(36-32-47)41-59-53(39-7-3,51(55)56)54(40-8-4,52(57)58)60-42-50-37-33-48(34-38-50)22-16-14-20-46-29-25-44(26-30-46)18-12-10-6-2/h31-38,43-46H,5-30,39-42H2,1-4H3,(H,55,56)(H,57,58)/t43?,44?,45?,46?,53-,54-/m0/s1. The van der Waals surface area contributed by atoms with Gasteiger partial charge in [-0.1, -0.05) is 217 Å². The van der Waals surface area contributed by atoms with Gasteiger partial charge in [0.1, 0.15) is 0 Å². The third-order valence-electron chi connectivity index (χ3n) is 14.6. The van der Waals surface area contributed by atoms with Gasteiger partial charge in [0.25, 0.3) is 0 Å². The van der Waals surface area contributed by atoms with E-state index >= 15 is 0 Å². The van der Waals surface area contributed by atoms with E-state index in [1.165, 1.54) is 152 Å². The van der Waals surface area contributed by atoms with E-state index in [0.29, 0.717) is 12.8 Å². The van der Waals surface area contributed by atoms with Crippen LogP contribution in [0.4, 0.5) is 0 Å². The molecular formula is C54H86O6. The normalized spacial score (nSPS) is 21.6. The predicted octanol–water partition coefficient (Wildman–Crippen LogP) is 14.9. The number of aryl methyl sites for hydroxylation is 2. The SMILES string of the molecule is CCCCCC1CCC(CCCCc2ccc(CO[C@@](CCC)(C(=O)O)[C@@](CCC)(OCc3ccc(CCCCC4CCC(CCCCC)CC4)cc3)C(=O)O)cc2)CC1. The van der Waals surface area contributed by atoms with Crippen LogP contribution in [0.15, 0.2) is 48.5 Å². The first kappa shape index (κ1) is 50.0. The third-order valence-corrected chi connectivity index (χ3v) is 14.6. The van der Waals surface area contributed by atoms with Crippen molar-refractivity contribution in [2.24, 2.45) is 23.7 Å². The van der Waals surface area contributed by atoms with Crippen LogP contribution in [0, 0.1) is 23.7 Å². The minimum absolute atomic E-state index is 0.00911. The molecule has 4 rings (SSSR count). The summed E-state index contributed by atoms with van der Waals surface area (Å²) in [6, 6.07) is 16.4. The summed E-state index contributed by atoms with van der Waals surface area (Å²) in [4.78, 5) is 26.6. The zero-order chi connectivity index (χ0) is 43.1. The molecule has 2 aromatic rings. The molecule has 60 heavy (non-hydrogen) atoms. The second-order valence-corrected chi connectivity index (χ2v) is 19.2. The molecule has 6 heteroatoms. The van der Waals surface area contributed by atoms with Gasteiger partial charge in [-0.3, -0.25) is 0 Å². The number of ether oxygens (including phenoxy) is 2. The Bertz CT molecular complexity index is 1340. The number of unbranched alkanes of at least 4 members (excludes halogenated alkanes) is 6. The summed E-state index contributed by atoms with van der Waals surface area (Å²) < 4.78 is 12.7. The fraction of sp³-hybridized carbons (Fsp3) is 0.741. The lowest BCUT2D eigenvalue weighted by molar-refractivity contribution is -0.240. The van der Waals surface area contributed by atoms with Crippen LogP contribution < -0.4 is 0 Å². The van der Waals surface area contributed by atoms with Gasteiger partial charge in [0.15, 0.2) is 0 Å². The molecule has 0 radical (unpaired) electrons. The van der Waals surface area contributed by atoms with E-state index in [0.717, 1.165) is 47.6 Å². The molecule has 6 nitrogen and oxygen atoms in total. The van der Waals surface area contributed by atoms with Crippen LogP contribution in [0.3, 0.4) is 0 Å². The highest BCUT2D eigenvalue weighted by molar-refractivity contribution is 5.91. The van der Waals surface area contributed by atoms with Crippen molar-refractivity contribution < 1.29 is 29.3 Å². The molecule has 2 fully saturated rings. The summed E-state index contributed by atoms with van der Waals surface area (Å²) in [5.41, 5.74) is 0.0564. The Morgan fingerprint density at radius 2 is 0.733 bits per heavy atom. The molecule has 0 bridgehead atoms. The van der Waals surface area contributed by atoms with Gasteiger partial charge >= 0.3 is 11.9 Å². The molecule has 2 aliphatic carbocycles. The van der Waals surface area contributed by atoms with Gasteiger partial charge in [0, 0.05) is 0 Å². The number of aliphatic carboxylic acids is 2. The molecule has 0 saturated heterocycles. The third kappa shape index (κ3) is 15.6. The Hall–Kier alpha value is -2.70. The maximum Gasteiger partial charge on any atom is 0.339 e. The number of hydrogen-bond donors (Lipinski definition) is 2. The largest absolute Gasteiger partial charge is 0.479 e. The van der Waals surface area contributed by atoms with Crippen LogP contribution in [0.25, 0.3) is 0 Å². The van der Waals surface area contributed by atoms with Crippen molar-refractivity contribution in [3.63, 3.8) is 0 Å². The second-order valence-electron chi connectivity index (χ2n) is 19.2. The number of rotatable bonds is 31. The fourth-order valence-electron chi connectivity index (χ4n) is 10.7. The number of benzene rings is 2. The van der Waals surface area contributed by atoms with Crippen LogP contribution in [-0.2, 0) is 45.1 Å². The molecule has 2 aromatic carbocycles. The number of carboxylic acid groups (broad SMARTS) is 2. The van der Waals surface area contributed by atoms with E-state index in [1.54, 1.807) is 0 Å². The lowest BCUT2D eigenvalue weighted by Crippen LogP contribution is -2.66. The van der Waals surface area contributed by atoms with Crippen LogP contribution in [0.2, 0.25) is 0 Å². The van der Waals surface area contributed by atoms with Crippen molar-refractivity contribution in [1.29, 1.82) is 0 Å². The highest BCUT2D eigenvalue weighted by Gasteiger charge is 2.63. The highest BCUT2D eigenvalue weighted by atomic mass is 16.6. The Morgan fingerprint density at radius 3 is 1.00 bits per heavy atom. The van der Waals surface area contributed by atoms with E-state index < -0.39 is 23.1 Å². The van der Waals surface area contributed by atoms with E-state index in [4.69, 9.17) is 9.47 Å². The Balaban J connectivity index is 1.27. The molecule has 2 saturated carbocycles. The topological polar surface area (TPSA) is 93.1 Å². The van der Waals surface area contributed by atoms with Crippen molar-refractivity contribution in [3.8, 4) is 0 Å². The van der Waals surface area contributed by atoms with Crippen molar-refractivity contribution in [1.82, 2.24) is 0 Å². The maximum absolute atomic E-state index is 13.3. The summed E-state index contributed by atoms with van der Waals surface area (Å²) in [5.74, 6) is 1.12. The summed E-state index contributed by atoms with van der Waals surface area (Å²) >= 11 is 0.